The molecule has 0 radical (unpaired) electrons. The second-order valence-corrected chi connectivity index (χ2v) is 6.62. The van der Waals surface area contributed by atoms with E-state index in [-0.39, 0.29) is 11.9 Å². The minimum atomic E-state index is -0.0234. The fourth-order valence-electron chi connectivity index (χ4n) is 2.37. The van der Waals surface area contributed by atoms with Crippen LogP contribution in [-0.2, 0) is 10.5 Å². The molecular formula is C20H25NO3S. The van der Waals surface area contributed by atoms with E-state index >= 15 is 0 Å². The Kier molecular flexibility index (Phi) is 7.67. The van der Waals surface area contributed by atoms with E-state index in [9.17, 15) is 4.79 Å². The summed E-state index contributed by atoms with van der Waals surface area (Å²) in [6, 6.07) is 15.7. The predicted molar refractivity (Wildman–Crippen MR) is 103 cm³/mol. The second-order valence-electron chi connectivity index (χ2n) is 5.63. The maximum atomic E-state index is 12.1. The van der Waals surface area contributed by atoms with Gasteiger partial charge >= 0.3 is 0 Å². The van der Waals surface area contributed by atoms with Crippen LogP contribution in [0.2, 0.25) is 0 Å². The molecule has 0 fully saturated rings. The highest BCUT2D eigenvalue weighted by Crippen LogP contribution is 2.19. The standard InChI is InChI=1S/C20H25NO3S/c1-4-24-19-11-7-17(8-12-19)15(2)21-20(22)14-25-13-16-5-9-18(23-3)10-6-16/h5-12,15H,4,13-14H2,1-3H3,(H,21,22)/t15-/m1/s1. The zero-order chi connectivity index (χ0) is 18.1. The highest BCUT2D eigenvalue weighted by molar-refractivity contribution is 7.99. The van der Waals surface area contributed by atoms with Gasteiger partial charge < -0.3 is 14.8 Å². The van der Waals surface area contributed by atoms with Crippen molar-refractivity contribution >= 4 is 17.7 Å². The topological polar surface area (TPSA) is 47.6 Å². The number of nitrogens with one attached hydrogen (secondary N) is 1. The van der Waals surface area contributed by atoms with Crippen molar-refractivity contribution in [3.05, 3.63) is 59.7 Å². The maximum Gasteiger partial charge on any atom is 0.230 e. The fraction of sp³-hybridized carbons (Fsp3) is 0.350. The van der Waals surface area contributed by atoms with Crippen LogP contribution in [0.5, 0.6) is 11.5 Å². The summed E-state index contributed by atoms with van der Waals surface area (Å²) in [5.74, 6) is 2.97. The summed E-state index contributed by atoms with van der Waals surface area (Å²) in [5, 5.41) is 3.03. The molecule has 1 N–H and O–H groups in total. The van der Waals surface area contributed by atoms with E-state index in [0.29, 0.717) is 12.4 Å². The van der Waals surface area contributed by atoms with Crippen LogP contribution < -0.4 is 14.8 Å². The van der Waals surface area contributed by atoms with Crippen molar-refractivity contribution in [3.8, 4) is 11.5 Å². The Labute approximate surface area is 153 Å². The number of methoxy groups -OCH3 is 1. The molecule has 1 atom stereocenters. The molecule has 0 unspecified atom stereocenters. The van der Waals surface area contributed by atoms with Crippen LogP contribution in [0.25, 0.3) is 0 Å². The van der Waals surface area contributed by atoms with E-state index in [0.717, 1.165) is 22.8 Å². The molecule has 0 saturated heterocycles. The molecule has 0 aliphatic rings. The number of hydrogen-bond acceptors (Lipinski definition) is 4. The van der Waals surface area contributed by atoms with Crippen LogP contribution in [0, 0.1) is 0 Å². The van der Waals surface area contributed by atoms with Crippen LogP contribution in [0.3, 0.4) is 0 Å². The molecule has 0 aliphatic carbocycles. The SMILES string of the molecule is CCOc1ccc([C@@H](C)NC(=O)CSCc2ccc(OC)cc2)cc1. The quantitative estimate of drug-likeness (QED) is 0.729. The first-order valence-electron chi connectivity index (χ1n) is 8.35. The van der Waals surface area contributed by atoms with E-state index < -0.39 is 0 Å². The summed E-state index contributed by atoms with van der Waals surface area (Å²) in [4.78, 5) is 12.1. The lowest BCUT2D eigenvalue weighted by atomic mass is 10.1. The smallest absolute Gasteiger partial charge is 0.230 e. The Morgan fingerprint density at radius 1 is 1.08 bits per heavy atom. The Morgan fingerprint density at radius 3 is 2.32 bits per heavy atom. The Balaban J connectivity index is 1.74. The lowest BCUT2D eigenvalue weighted by Gasteiger charge is -2.15. The summed E-state index contributed by atoms with van der Waals surface area (Å²) < 4.78 is 10.6. The summed E-state index contributed by atoms with van der Waals surface area (Å²) in [7, 11) is 1.65. The average molecular weight is 359 g/mol. The molecular weight excluding hydrogens is 334 g/mol. The Bertz CT molecular complexity index is 656. The predicted octanol–water partition coefficient (Wildman–Crippen LogP) is 4.20. The van der Waals surface area contributed by atoms with Crippen LogP contribution in [-0.4, -0.2) is 25.4 Å². The molecule has 134 valence electrons. The summed E-state index contributed by atoms with van der Waals surface area (Å²) in [6.45, 7) is 4.60. The molecule has 1 amide bonds. The molecule has 0 saturated carbocycles. The molecule has 0 heterocycles. The highest BCUT2D eigenvalue weighted by Gasteiger charge is 2.10. The first kappa shape index (κ1) is 19.2. The lowest BCUT2D eigenvalue weighted by molar-refractivity contribution is -0.119. The highest BCUT2D eigenvalue weighted by atomic mass is 32.2. The summed E-state index contributed by atoms with van der Waals surface area (Å²) >= 11 is 1.60. The molecule has 2 aromatic rings. The van der Waals surface area contributed by atoms with Gasteiger partial charge in [-0.1, -0.05) is 24.3 Å². The molecule has 0 bridgehead atoms. The normalized spacial score (nSPS) is 11.6. The molecule has 0 aliphatic heterocycles. The van der Waals surface area contributed by atoms with Crippen molar-refractivity contribution in [3.63, 3.8) is 0 Å². The third-order valence-electron chi connectivity index (χ3n) is 3.73. The number of amides is 1. The second kappa shape index (κ2) is 9.99. The lowest BCUT2D eigenvalue weighted by Crippen LogP contribution is -2.28. The monoisotopic (exact) mass is 359 g/mol. The van der Waals surface area contributed by atoms with E-state index in [4.69, 9.17) is 9.47 Å². The number of hydrogen-bond donors (Lipinski definition) is 1. The van der Waals surface area contributed by atoms with Gasteiger partial charge in [0.15, 0.2) is 0 Å². The van der Waals surface area contributed by atoms with Crippen molar-refractivity contribution in [2.75, 3.05) is 19.5 Å². The van der Waals surface area contributed by atoms with Crippen LogP contribution in [0.15, 0.2) is 48.5 Å². The van der Waals surface area contributed by atoms with Crippen LogP contribution in [0.4, 0.5) is 0 Å². The van der Waals surface area contributed by atoms with Gasteiger partial charge in [0, 0.05) is 5.75 Å². The molecule has 25 heavy (non-hydrogen) atoms. The number of benzene rings is 2. The maximum absolute atomic E-state index is 12.1. The van der Waals surface area contributed by atoms with Gasteiger partial charge in [-0.25, -0.2) is 0 Å². The Hall–Kier alpha value is -2.14. The van der Waals surface area contributed by atoms with Gasteiger partial charge in [0.05, 0.1) is 25.5 Å². The number of ether oxygens (including phenoxy) is 2. The molecule has 4 nitrogen and oxygen atoms in total. The number of carbonyl (C=O) groups excluding carboxylic acids is 1. The Morgan fingerprint density at radius 2 is 1.72 bits per heavy atom. The van der Waals surface area contributed by atoms with E-state index in [2.05, 4.69) is 5.32 Å². The van der Waals surface area contributed by atoms with Crippen molar-refractivity contribution < 1.29 is 14.3 Å². The molecule has 0 spiro atoms. The molecule has 5 heteroatoms. The van der Waals surface area contributed by atoms with Gasteiger partial charge in [-0.05, 0) is 49.2 Å². The number of carbonyl (C=O) groups is 1. The summed E-state index contributed by atoms with van der Waals surface area (Å²) in [5.41, 5.74) is 2.25. The minimum Gasteiger partial charge on any atom is -0.497 e. The first-order chi connectivity index (χ1) is 12.1. The van der Waals surface area contributed by atoms with Gasteiger partial charge in [0.25, 0.3) is 0 Å². The molecule has 0 aromatic heterocycles. The van der Waals surface area contributed by atoms with Crippen LogP contribution in [0.1, 0.15) is 31.0 Å². The van der Waals surface area contributed by atoms with Gasteiger partial charge in [-0.3, -0.25) is 4.79 Å². The third-order valence-corrected chi connectivity index (χ3v) is 4.73. The van der Waals surface area contributed by atoms with Crippen LogP contribution >= 0.6 is 11.8 Å². The minimum absolute atomic E-state index is 0.0234. The zero-order valence-electron chi connectivity index (χ0n) is 15.0. The first-order valence-corrected chi connectivity index (χ1v) is 9.50. The van der Waals surface area contributed by atoms with Crippen molar-refractivity contribution in [1.82, 2.24) is 5.32 Å². The van der Waals surface area contributed by atoms with E-state index in [1.54, 1.807) is 18.9 Å². The van der Waals surface area contributed by atoms with Gasteiger partial charge in [-0.15, -0.1) is 11.8 Å². The largest absolute Gasteiger partial charge is 0.497 e. The zero-order valence-corrected chi connectivity index (χ0v) is 15.8. The average Bonchev–Trinajstić information content (AvgIpc) is 2.63. The van der Waals surface area contributed by atoms with Gasteiger partial charge in [0.2, 0.25) is 5.91 Å². The molecule has 2 rings (SSSR count). The van der Waals surface area contributed by atoms with E-state index in [1.807, 2.05) is 62.4 Å². The number of thioether (sulfide) groups is 1. The number of rotatable bonds is 9. The molecule has 2 aromatic carbocycles. The summed E-state index contributed by atoms with van der Waals surface area (Å²) in [6.07, 6.45) is 0. The van der Waals surface area contributed by atoms with Gasteiger partial charge in [0.1, 0.15) is 11.5 Å². The van der Waals surface area contributed by atoms with E-state index in [1.165, 1.54) is 5.56 Å². The van der Waals surface area contributed by atoms with Crippen molar-refractivity contribution in [2.45, 2.75) is 25.6 Å². The van der Waals surface area contributed by atoms with Crippen molar-refractivity contribution in [1.29, 1.82) is 0 Å². The third kappa shape index (κ3) is 6.35. The fourth-order valence-corrected chi connectivity index (χ4v) is 3.17. The van der Waals surface area contributed by atoms with Gasteiger partial charge in [-0.2, -0.15) is 0 Å². The van der Waals surface area contributed by atoms with Crippen molar-refractivity contribution in [2.24, 2.45) is 0 Å².